The molecule has 0 amide bonds. The normalized spacial score (nSPS) is 11.9. The van der Waals surface area contributed by atoms with E-state index < -0.39 is 45.8 Å². The zero-order valence-electron chi connectivity index (χ0n) is 34.0. The van der Waals surface area contributed by atoms with Gasteiger partial charge in [0.25, 0.3) is 11.1 Å². The molecule has 6 aromatic rings. The summed E-state index contributed by atoms with van der Waals surface area (Å²) < 4.78 is 61.7. The SMILES string of the molecule is CCc1c(Br)c(=O)n(C[C@H](NC)c2ccccc2)c(=O)n1Cc1c(F)cccc1F.CI.CN[C@@H](Cn1c(=O)c(Br)c(C)n(Cc2c(F)cccc2F)c1=O)c1ccccc1. The Hall–Kier alpha value is -4.43. The number of likely N-dealkylation sites (N-methyl/N-ethyl adjacent to an activating group) is 2. The summed E-state index contributed by atoms with van der Waals surface area (Å²) in [6.45, 7) is 2.84. The molecule has 0 spiro atoms. The van der Waals surface area contributed by atoms with Crippen molar-refractivity contribution in [2.45, 2.75) is 58.5 Å². The van der Waals surface area contributed by atoms with Crippen LogP contribution < -0.4 is 33.1 Å². The van der Waals surface area contributed by atoms with E-state index in [-0.39, 0.29) is 58.3 Å². The van der Waals surface area contributed by atoms with Crippen LogP contribution in [0.1, 0.15) is 52.6 Å². The standard InChI is InChI=1S/C22H22BrF2N3O2.C21H20BrF2N3O2.CH3I/c1-3-19-20(23)21(29)28(13-18(26-2)14-8-5-4-6-9-14)22(30)27(19)12-15-16(24)10-7-11-17(15)25;1-13-19(22)20(28)27(12-18(25-2)14-7-4-3-5-8-14)21(29)26(13)11-15-16(23)9-6-10-17(15)24;1-2/h4-11,18,26H,3,12-13H2,1-2H3;3-10,18,25H,11-12H2,1-2H3;1H3/t2*18-;/m00./s1. The number of halogens is 7. The second-order valence-electron chi connectivity index (χ2n) is 13.5. The minimum Gasteiger partial charge on any atom is -0.312 e. The van der Waals surface area contributed by atoms with Crippen LogP contribution in [0.15, 0.2) is 125 Å². The molecule has 324 valence electrons. The van der Waals surface area contributed by atoms with Crippen molar-refractivity contribution >= 4 is 54.5 Å². The topological polar surface area (TPSA) is 112 Å². The predicted molar refractivity (Wildman–Crippen MR) is 247 cm³/mol. The van der Waals surface area contributed by atoms with Crippen LogP contribution >= 0.6 is 54.5 Å². The Labute approximate surface area is 380 Å². The Morgan fingerprint density at radius 2 is 0.918 bits per heavy atom. The third kappa shape index (κ3) is 11.5. The van der Waals surface area contributed by atoms with Gasteiger partial charge in [-0.3, -0.25) is 27.9 Å². The summed E-state index contributed by atoms with van der Waals surface area (Å²) in [6, 6.07) is 25.3. The largest absolute Gasteiger partial charge is 0.331 e. The summed E-state index contributed by atoms with van der Waals surface area (Å²) in [5, 5.41) is 6.21. The molecule has 2 aromatic heterocycles. The van der Waals surface area contributed by atoms with Crippen molar-refractivity contribution in [1.82, 2.24) is 28.9 Å². The van der Waals surface area contributed by atoms with Crippen LogP contribution in [-0.4, -0.2) is 37.3 Å². The van der Waals surface area contributed by atoms with Crippen LogP contribution in [0.25, 0.3) is 0 Å². The van der Waals surface area contributed by atoms with Gasteiger partial charge in [0.2, 0.25) is 0 Å². The Kier molecular flexibility index (Phi) is 18.7. The third-order valence-electron chi connectivity index (χ3n) is 10.0. The van der Waals surface area contributed by atoms with Crippen LogP contribution in [0.2, 0.25) is 0 Å². The first-order valence-corrected chi connectivity index (χ1v) is 22.7. The highest BCUT2D eigenvalue weighted by Crippen LogP contribution is 2.20. The van der Waals surface area contributed by atoms with Gasteiger partial charge in [-0.05, 0) is 99.6 Å². The quantitative estimate of drug-likeness (QED) is 0.0689. The first kappa shape index (κ1) is 49.2. The second-order valence-corrected chi connectivity index (χ2v) is 15.1. The molecule has 0 unspecified atom stereocenters. The summed E-state index contributed by atoms with van der Waals surface area (Å²) in [7, 11) is 3.48. The lowest BCUT2D eigenvalue weighted by Crippen LogP contribution is -2.44. The molecular formula is C44H45Br2F4IN6O4. The molecule has 0 saturated carbocycles. The molecule has 17 heteroatoms. The van der Waals surface area contributed by atoms with Crippen molar-refractivity contribution in [3.05, 3.63) is 205 Å². The van der Waals surface area contributed by atoms with Crippen LogP contribution in [0, 0.1) is 30.2 Å². The molecule has 4 aromatic carbocycles. The molecule has 0 saturated heterocycles. The number of benzene rings is 4. The lowest BCUT2D eigenvalue weighted by atomic mass is 10.1. The summed E-state index contributed by atoms with van der Waals surface area (Å²) in [5.41, 5.74) is -0.147. The van der Waals surface area contributed by atoms with E-state index in [1.165, 1.54) is 21.3 Å². The average Bonchev–Trinajstić information content (AvgIpc) is 3.27. The molecule has 0 aliphatic carbocycles. The minimum absolute atomic E-state index is 0.0663. The maximum Gasteiger partial charge on any atom is 0.331 e. The predicted octanol–water partition coefficient (Wildman–Crippen LogP) is 8.04. The van der Waals surface area contributed by atoms with Crippen molar-refractivity contribution in [3.8, 4) is 0 Å². The van der Waals surface area contributed by atoms with Gasteiger partial charge < -0.3 is 10.6 Å². The van der Waals surface area contributed by atoms with Gasteiger partial charge in [-0.25, -0.2) is 27.2 Å². The maximum absolute atomic E-state index is 14.2. The monoisotopic (exact) mass is 1080 g/mol. The minimum atomic E-state index is -0.748. The number of rotatable bonds is 13. The number of nitrogens with zero attached hydrogens (tertiary/aromatic N) is 4. The third-order valence-corrected chi connectivity index (χ3v) is 11.7. The summed E-state index contributed by atoms with van der Waals surface area (Å²) in [4.78, 5) is 54.0. The van der Waals surface area contributed by atoms with Crippen LogP contribution in [-0.2, 0) is 32.6 Å². The van der Waals surface area contributed by atoms with Crippen LogP contribution in [0.4, 0.5) is 17.6 Å². The van der Waals surface area contributed by atoms with Crippen molar-refractivity contribution in [2.75, 3.05) is 19.0 Å². The van der Waals surface area contributed by atoms with E-state index in [2.05, 4.69) is 65.1 Å². The maximum atomic E-state index is 14.2. The number of alkyl halides is 1. The average molecular weight is 1080 g/mol. The van der Waals surface area contributed by atoms with E-state index in [1.54, 1.807) is 27.9 Å². The lowest BCUT2D eigenvalue weighted by Gasteiger charge is -2.21. The van der Waals surface area contributed by atoms with Gasteiger partial charge in [-0.15, -0.1) is 0 Å². The van der Waals surface area contributed by atoms with Gasteiger partial charge >= 0.3 is 11.4 Å². The highest BCUT2D eigenvalue weighted by molar-refractivity contribution is 14.1. The molecule has 2 atom stereocenters. The molecule has 6 rings (SSSR count). The van der Waals surface area contributed by atoms with E-state index in [1.807, 2.05) is 65.6 Å². The van der Waals surface area contributed by atoms with Gasteiger partial charge in [0, 0.05) is 22.5 Å². The van der Waals surface area contributed by atoms with Crippen molar-refractivity contribution in [3.63, 3.8) is 0 Å². The fourth-order valence-electron chi connectivity index (χ4n) is 6.64. The fraction of sp³-hybridized carbons (Fsp3) is 0.273. The van der Waals surface area contributed by atoms with Gasteiger partial charge in [0.15, 0.2) is 0 Å². The molecule has 0 radical (unpaired) electrons. The molecule has 0 aliphatic heterocycles. The van der Waals surface area contributed by atoms with E-state index in [9.17, 15) is 36.7 Å². The van der Waals surface area contributed by atoms with E-state index in [4.69, 9.17) is 0 Å². The molecule has 2 heterocycles. The molecule has 0 aliphatic rings. The van der Waals surface area contributed by atoms with Crippen molar-refractivity contribution < 1.29 is 17.6 Å². The van der Waals surface area contributed by atoms with Gasteiger partial charge in [-0.2, -0.15) is 0 Å². The van der Waals surface area contributed by atoms with Crippen LogP contribution in [0.3, 0.4) is 0 Å². The van der Waals surface area contributed by atoms with Gasteiger partial charge in [0.1, 0.15) is 32.2 Å². The first-order chi connectivity index (χ1) is 29.2. The number of aromatic nitrogens is 4. The molecular weight excluding hydrogens is 1040 g/mol. The highest BCUT2D eigenvalue weighted by Gasteiger charge is 2.23. The van der Waals surface area contributed by atoms with E-state index >= 15 is 0 Å². The Morgan fingerprint density at radius 3 is 1.30 bits per heavy atom. The highest BCUT2D eigenvalue weighted by atomic mass is 127. The van der Waals surface area contributed by atoms with E-state index in [0.717, 1.165) is 44.5 Å². The number of hydrogen-bond acceptors (Lipinski definition) is 6. The smallest absolute Gasteiger partial charge is 0.312 e. The lowest BCUT2D eigenvalue weighted by molar-refractivity contribution is 0.451. The summed E-state index contributed by atoms with van der Waals surface area (Å²) in [5.74, 6) is -2.98. The Bertz CT molecular complexity index is 2640. The van der Waals surface area contributed by atoms with Crippen molar-refractivity contribution in [1.29, 1.82) is 0 Å². The Balaban J connectivity index is 0.000000258. The second kappa shape index (κ2) is 23.1. The molecule has 0 bridgehead atoms. The first-order valence-electron chi connectivity index (χ1n) is 18.9. The van der Waals surface area contributed by atoms with Crippen LogP contribution in [0.5, 0.6) is 0 Å². The Morgan fingerprint density at radius 1 is 0.557 bits per heavy atom. The molecule has 10 nitrogen and oxygen atoms in total. The fourth-order valence-corrected chi connectivity index (χ4v) is 7.78. The van der Waals surface area contributed by atoms with Gasteiger partial charge in [-0.1, -0.05) is 102 Å². The van der Waals surface area contributed by atoms with Gasteiger partial charge in [0.05, 0.1) is 38.3 Å². The zero-order valence-corrected chi connectivity index (χ0v) is 39.3. The van der Waals surface area contributed by atoms with E-state index in [0.29, 0.717) is 17.8 Å². The number of hydrogen-bond donors (Lipinski definition) is 2. The molecule has 0 fully saturated rings. The zero-order chi connectivity index (χ0) is 45.0. The molecule has 61 heavy (non-hydrogen) atoms. The number of nitrogens with one attached hydrogen (secondary N) is 2. The van der Waals surface area contributed by atoms with Crippen molar-refractivity contribution in [2.24, 2.45) is 0 Å². The summed E-state index contributed by atoms with van der Waals surface area (Å²) >= 11 is 8.68. The molecule has 2 N–H and O–H groups in total. The summed E-state index contributed by atoms with van der Waals surface area (Å²) in [6.07, 6.45) is 0.343.